The van der Waals surface area contributed by atoms with Gasteiger partial charge >= 0.3 is 0 Å². The van der Waals surface area contributed by atoms with Gasteiger partial charge in [-0.2, -0.15) is 0 Å². The molecule has 0 unspecified atom stereocenters. The molecule has 4 rings (SSSR count). The van der Waals surface area contributed by atoms with Crippen LogP contribution in [0.3, 0.4) is 0 Å². The van der Waals surface area contributed by atoms with Gasteiger partial charge < -0.3 is 10.0 Å². The third-order valence-corrected chi connectivity index (χ3v) is 8.93. The van der Waals surface area contributed by atoms with E-state index in [1.165, 1.54) is 0 Å². The van der Waals surface area contributed by atoms with Crippen molar-refractivity contribution < 1.29 is 21.9 Å². The van der Waals surface area contributed by atoms with Crippen molar-refractivity contribution in [2.45, 2.75) is 23.6 Å². The molecule has 0 atom stereocenters. The Labute approximate surface area is 230 Å². The highest BCUT2D eigenvalue weighted by atomic mass is 35.5. The van der Waals surface area contributed by atoms with E-state index in [4.69, 9.17) is 33.5 Å². The number of rotatable bonds is 5. The zero-order valence-corrected chi connectivity index (χ0v) is 23.9. The Kier molecular flexibility index (Phi) is 7.15. The van der Waals surface area contributed by atoms with Crippen LogP contribution in [0.4, 0.5) is 5.82 Å². The third kappa shape index (κ3) is 4.70. The van der Waals surface area contributed by atoms with Gasteiger partial charge in [-0.05, 0) is 54.3 Å². The number of sulfonamides is 2. The largest absolute Gasteiger partial charge is 0.504 e. The maximum Gasteiger partial charge on any atom is 0.241 e. The standard InChI is InChI=1S/C25H24Cl2N4O5S2/c1-12-14(7-5-9-16(12)26)20-21(15-8-6-10-17(27)13(15)2)25(31(3)4)30-23-22(20)18(37(28,33)34)11-19(24(23)32)38(29,35)36/h5-11,32H,1-4H3,(H2,28,33,34)(H2,29,35,36). The van der Waals surface area contributed by atoms with Crippen LogP contribution in [-0.2, 0) is 20.0 Å². The summed E-state index contributed by atoms with van der Waals surface area (Å²) < 4.78 is 50.5. The van der Waals surface area contributed by atoms with Crippen LogP contribution in [-0.4, -0.2) is 41.0 Å². The Morgan fingerprint density at radius 1 is 0.816 bits per heavy atom. The van der Waals surface area contributed by atoms with E-state index in [1.807, 2.05) is 0 Å². The van der Waals surface area contributed by atoms with Crippen molar-refractivity contribution in [3.05, 3.63) is 63.6 Å². The zero-order chi connectivity index (χ0) is 28.3. The van der Waals surface area contributed by atoms with Crippen LogP contribution in [0.2, 0.25) is 10.0 Å². The Balaban J connectivity index is 2.48. The van der Waals surface area contributed by atoms with E-state index in [0.717, 1.165) is 6.07 Å². The van der Waals surface area contributed by atoms with E-state index in [1.54, 1.807) is 69.2 Å². The molecular formula is C25H24Cl2N4O5S2. The van der Waals surface area contributed by atoms with Crippen LogP contribution in [0, 0.1) is 13.8 Å². The Bertz CT molecular complexity index is 1860. The van der Waals surface area contributed by atoms with Crippen LogP contribution in [0.1, 0.15) is 11.1 Å². The van der Waals surface area contributed by atoms with E-state index in [9.17, 15) is 21.9 Å². The summed E-state index contributed by atoms with van der Waals surface area (Å²) in [6.45, 7) is 3.56. The summed E-state index contributed by atoms with van der Waals surface area (Å²) in [6, 6.07) is 11.1. The summed E-state index contributed by atoms with van der Waals surface area (Å²) in [7, 11) is -5.74. The van der Waals surface area contributed by atoms with Crippen molar-refractivity contribution in [1.29, 1.82) is 0 Å². The SMILES string of the molecule is Cc1c(Cl)cccc1-c1c(N(C)C)nc2c(O)c(S(N)(=O)=O)cc(S(N)(=O)=O)c2c1-c1cccc(Cl)c1C. The van der Waals surface area contributed by atoms with Crippen molar-refractivity contribution >= 4 is 60.0 Å². The molecule has 200 valence electrons. The fraction of sp³-hybridized carbons (Fsp3) is 0.160. The predicted octanol–water partition coefficient (Wildman–Crippen LogP) is 4.56. The molecule has 0 saturated carbocycles. The lowest BCUT2D eigenvalue weighted by Gasteiger charge is -2.25. The highest BCUT2D eigenvalue weighted by Gasteiger charge is 2.31. The fourth-order valence-corrected chi connectivity index (χ4v) is 6.24. The highest BCUT2D eigenvalue weighted by Crippen LogP contribution is 2.50. The number of aromatic nitrogens is 1. The van der Waals surface area contributed by atoms with E-state index >= 15 is 0 Å². The van der Waals surface area contributed by atoms with E-state index in [-0.39, 0.29) is 10.9 Å². The quantitative estimate of drug-likeness (QED) is 0.305. The summed E-state index contributed by atoms with van der Waals surface area (Å²) in [6.07, 6.45) is 0. The van der Waals surface area contributed by atoms with Gasteiger partial charge in [0.05, 0.1) is 4.90 Å². The average Bonchev–Trinajstić information content (AvgIpc) is 2.80. The number of benzene rings is 3. The minimum Gasteiger partial charge on any atom is -0.504 e. The van der Waals surface area contributed by atoms with E-state index in [0.29, 0.717) is 49.2 Å². The molecule has 13 heteroatoms. The molecule has 0 saturated heterocycles. The summed E-state index contributed by atoms with van der Waals surface area (Å²) >= 11 is 13.0. The minimum atomic E-state index is -4.58. The second-order valence-electron chi connectivity index (χ2n) is 8.94. The number of halogens is 2. The zero-order valence-electron chi connectivity index (χ0n) is 20.7. The molecule has 0 aliphatic carbocycles. The lowest BCUT2D eigenvalue weighted by Crippen LogP contribution is -2.19. The number of phenolic OH excluding ortho intramolecular Hbond substituents is 1. The Morgan fingerprint density at radius 2 is 1.29 bits per heavy atom. The molecular weight excluding hydrogens is 571 g/mol. The smallest absolute Gasteiger partial charge is 0.241 e. The van der Waals surface area contributed by atoms with Crippen LogP contribution in [0.5, 0.6) is 5.75 Å². The predicted molar refractivity (Wildman–Crippen MR) is 151 cm³/mol. The molecule has 4 aromatic rings. The molecule has 0 aliphatic heterocycles. The third-order valence-electron chi connectivity index (χ3n) is 6.26. The maximum absolute atomic E-state index is 12.9. The highest BCUT2D eigenvalue weighted by molar-refractivity contribution is 7.90. The van der Waals surface area contributed by atoms with Crippen molar-refractivity contribution in [2.75, 3.05) is 19.0 Å². The first-order valence-electron chi connectivity index (χ1n) is 11.0. The number of pyridine rings is 1. The molecule has 0 bridgehead atoms. The first kappa shape index (κ1) is 28.1. The van der Waals surface area contributed by atoms with Crippen molar-refractivity contribution in [2.24, 2.45) is 10.3 Å². The molecule has 0 amide bonds. The summed E-state index contributed by atoms with van der Waals surface area (Å²) in [5.41, 5.74) is 2.88. The van der Waals surface area contributed by atoms with Gasteiger partial charge in [0, 0.05) is 40.7 Å². The minimum absolute atomic E-state index is 0.0947. The number of nitrogens with two attached hydrogens (primary N) is 2. The van der Waals surface area contributed by atoms with Gasteiger partial charge in [-0.1, -0.05) is 47.5 Å². The molecule has 0 radical (unpaired) electrons. The number of phenols is 1. The van der Waals surface area contributed by atoms with Crippen molar-refractivity contribution in [1.82, 2.24) is 4.98 Å². The second kappa shape index (κ2) is 9.67. The number of primary sulfonamides is 2. The molecule has 9 nitrogen and oxygen atoms in total. The molecule has 5 N–H and O–H groups in total. The number of anilines is 1. The monoisotopic (exact) mass is 594 g/mol. The van der Waals surface area contributed by atoms with Crippen molar-refractivity contribution in [3.63, 3.8) is 0 Å². The Morgan fingerprint density at radius 3 is 1.74 bits per heavy atom. The number of aromatic hydroxyl groups is 1. The van der Waals surface area contributed by atoms with Gasteiger partial charge in [0.1, 0.15) is 16.2 Å². The van der Waals surface area contributed by atoms with Crippen molar-refractivity contribution in [3.8, 4) is 28.0 Å². The fourth-order valence-electron chi connectivity index (χ4n) is 4.41. The molecule has 0 aliphatic rings. The average molecular weight is 596 g/mol. The molecule has 0 spiro atoms. The number of hydrogen-bond donors (Lipinski definition) is 3. The van der Waals surface area contributed by atoms with Crippen LogP contribution in [0.25, 0.3) is 33.2 Å². The van der Waals surface area contributed by atoms with Gasteiger partial charge in [0.15, 0.2) is 5.75 Å². The van der Waals surface area contributed by atoms with Crippen LogP contribution >= 0.6 is 23.2 Å². The van der Waals surface area contributed by atoms with Crippen LogP contribution in [0.15, 0.2) is 52.3 Å². The maximum atomic E-state index is 12.9. The first-order chi connectivity index (χ1) is 17.6. The second-order valence-corrected chi connectivity index (χ2v) is 12.8. The van der Waals surface area contributed by atoms with E-state index < -0.39 is 35.6 Å². The molecule has 3 aromatic carbocycles. The molecule has 0 fully saturated rings. The van der Waals surface area contributed by atoms with Gasteiger partial charge in [0.2, 0.25) is 20.0 Å². The topological polar surface area (TPSA) is 157 Å². The van der Waals surface area contributed by atoms with Gasteiger partial charge in [0.25, 0.3) is 0 Å². The van der Waals surface area contributed by atoms with Crippen LogP contribution < -0.4 is 15.2 Å². The number of fused-ring (bicyclic) bond motifs is 1. The summed E-state index contributed by atoms with van der Waals surface area (Å²) in [5.74, 6) is -0.521. The number of nitrogens with zero attached hydrogens (tertiary/aromatic N) is 2. The summed E-state index contributed by atoms with van der Waals surface area (Å²) in [5, 5.41) is 22.8. The molecule has 38 heavy (non-hydrogen) atoms. The lowest BCUT2D eigenvalue weighted by molar-refractivity contribution is 0.463. The molecule has 1 aromatic heterocycles. The normalized spacial score (nSPS) is 12.2. The first-order valence-corrected chi connectivity index (χ1v) is 14.9. The number of hydrogen-bond acceptors (Lipinski definition) is 7. The van der Waals surface area contributed by atoms with Gasteiger partial charge in [-0.3, -0.25) is 0 Å². The lowest BCUT2D eigenvalue weighted by atomic mass is 9.87. The van der Waals surface area contributed by atoms with E-state index in [2.05, 4.69) is 4.98 Å². The summed E-state index contributed by atoms with van der Waals surface area (Å²) in [4.78, 5) is 4.81. The van der Waals surface area contributed by atoms with Gasteiger partial charge in [-0.25, -0.2) is 32.1 Å². The van der Waals surface area contributed by atoms with Gasteiger partial charge in [-0.15, -0.1) is 0 Å². The Hall–Kier alpha value is -2.93. The molecule has 1 heterocycles.